The van der Waals surface area contributed by atoms with E-state index in [0.717, 1.165) is 11.8 Å². The summed E-state index contributed by atoms with van der Waals surface area (Å²) in [6.07, 6.45) is 10.9. The molecule has 0 aliphatic heterocycles. The summed E-state index contributed by atoms with van der Waals surface area (Å²) in [6, 6.07) is 9.27. The highest BCUT2D eigenvalue weighted by atomic mass is 14.7. The molecule has 3 rings (SSSR count). The summed E-state index contributed by atoms with van der Waals surface area (Å²) in [6.45, 7) is 2.33. The Bertz CT molecular complexity index is 435. The number of rotatable bonds is 4. The number of hydrogen-bond acceptors (Lipinski definition) is 1. The largest absolute Gasteiger partial charge is 0.324 e. The first-order valence-corrected chi connectivity index (χ1v) is 8.64. The minimum atomic E-state index is 0.265. The van der Waals surface area contributed by atoms with Crippen LogP contribution in [0, 0.1) is 11.8 Å². The second-order valence-electron chi connectivity index (χ2n) is 6.98. The molecule has 1 nitrogen and oxygen atoms in total. The van der Waals surface area contributed by atoms with Gasteiger partial charge in [0.1, 0.15) is 0 Å². The average Bonchev–Trinajstić information content (AvgIpc) is 2.45. The predicted octanol–water partition coefficient (Wildman–Crippen LogP) is 5.17. The summed E-state index contributed by atoms with van der Waals surface area (Å²) in [5.41, 5.74) is 9.72. The maximum absolute atomic E-state index is 6.70. The van der Waals surface area contributed by atoms with Crippen molar-refractivity contribution in [1.29, 1.82) is 0 Å². The van der Waals surface area contributed by atoms with E-state index < -0.39 is 0 Å². The molecule has 3 atom stereocenters. The first-order valence-electron chi connectivity index (χ1n) is 8.64. The van der Waals surface area contributed by atoms with E-state index in [-0.39, 0.29) is 6.04 Å². The molecule has 20 heavy (non-hydrogen) atoms. The van der Waals surface area contributed by atoms with Crippen LogP contribution >= 0.6 is 0 Å². The topological polar surface area (TPSA) is 26.0 Å². The fraction of sp³-hybridized carbons (Fsp3) is 0.684. The van der Waals surface area contributed by atoms with Gasteiger partial charge in [-0.2, -0.15) is 0 Å². The van der Waals surface area contributed by atoms with Crippen LogP contribution < -0.4 is 5.73 Å². The van der Waals surface area contributed by atoms with E-state index in [0.29, 0.717) is 5.92 Å². The van der Waals surface area contributed by atoms with Crippen LogP contribution in [-0.4, -0.2) is 0 Å². The summed E-state index contributed by atoms with van der Waals surface area (Å²) >= 11 is 0. The van der Waals surface area contributed by atoms with Crippen molar-refractivity contribution in [2.24, 2.45) is 17.6 Å². The molecule has 3 unspecified atom stereocenters. The minimum absolute atomic E-state index is 0.265. The highest BCUT2D eigenvalue weighted by molar-refractivity contribution is 5.34. The van der Waals surface area contributed by atoms with Crippen molar-refractivity contribution in [3.05, 3.63) is 35.4 Å². The van der Waals surface area contributed by atoms with Gasteiger partial charge in [0.05, 0.1) is 0 Å². The third kappa shape index (κ3) is 2.79. The van der Waals surface area contributed by atoms with Gasteiger partial charge in [-0.3, -0.25) is 0 Å². The van der Waals surface area contributed by atoms with Gasteiger partial charge in [0.25, 0.3) is 0 Å². The van der Waals surface area contributed by atoms with E-state index in [1.807, 2.05) is 0 Å². The van der Waals surface area contributed by atoms with Crippen molar-refractivity contribution in [1.82, 2.24) is 0 Å². The maximum atomic E-state index is 6.70. The molecule has 2 saturated carbocycles. The van der Waals surface area contributed by atoms with E-state index >= 15 is 0 Å². The first-order chi connectivity index (χ1) is 9.79. The maximum Gasteiger partial charge on any atom is 0.0326 e. The normalized spacial score (nSPS) is 28.9. The summed E-state index contributed by atoms with van der Waals surface area (Å²) in [5, 5.41) is 0. The first kappa shape index (κ1) is 14.1. The molecule has 1 aromatic rings. The highest BCUT2D eigenvalue weighted by Crippen LogP contribution is 2.43. The van der Waals surface area contributed by atoms with E-state index in [1.165, 1.54) is 56.9 Å². The Hall–Kier alpha value is -0.820. The van der Waals surface area contributed by atoms with Crippen LogP contribution in [0.3, 0.4) is 0 Å². The Morgan fingerprint density at radius 3 is 2.55 bits per heavy atom. The van der Waals surface area contributed by atoms with Gasteiger partial charge in [0, 0.05) is 6.04 Å². The molecule has 2 aliphatic carbocycles. The smallest absolute Gasteiger partial charge is 0.0326 e. The Balaban J connectivity index is 1.77. The molecule has 0 amide bonds. The fourth-order valence-electron chi connectivity index (χ4n) is 4.19. The van der Waals surface area contributed by atoms with Gasteiger partial charge < -0.3 is 5.73 Å². The number of nitrogens with two attached hydrogens (primary N) is 1. The van der Waals surface area contributed by atoms with Gasteiger partial charge in [-0.25, -0.2) is 0 Å². The molecule has 2 aliphatic rings. The van der Waals surface area contributed by atoms with Gasteiger partial charge in [0.2, 0.25) is 0 Å². The lowest BCUT2D eigenvalue weighted by molar-refractivity contribution is 0.229. The van der Waals surface area contributed by atoms with Crippen molar-refractivity contribution >= 4 is 0 Å². The van der Waals surface area contributed by atoms with Gasteiger partial charge in [-0.05, 0) is 54.6 Å². The fourth-order valence-corrected chi connectivity index (χ4v) is 4.19. The predicted molar refractivity (Wildman–Crippen MR) is 85.7 cm³/mol. The second-order valence-corrected chi connectivity index (χ2v) is 6.98. The van der Waals surface area contributed by atoms with Gasteiger partial charge in [-0.1, -0.05) is 56.9 Å². The standard InChI is InChI=1S/C19H29N/c1-2-14-7-5-10-16(13-14)19(20)18-12-4-3-11-17(18)15-8-6-9-15/h3-4,11-12,14-16,19H,2,5-10,13,20H2,1H3. The van der Waals surface area contributed by atoms with E-state index in [9.17, 15) is 0 Å². The zero-order chi connectivity index (χ0) is 13.9. The second kappa shape index (κ2) is 6.30. The zero-order valence-corrected chi connectivity index (χ0v) is 12.9. The third-order valence-corrected chi connectivity index (χ3v) is 5.81. The quantitative estimate of drug-likeness (QED) is 0.803. The Kier molecular flexibility index (Phi) is 4.45. The zero-order valence-electron chi connectivity index (χ0n) is 12.9. The van der Waals surface area contributed by atoms with Crippen molar-refractivity contribution in [3.63, 3.8) is 0 Å². The molecule has 0 aromatic heterocycles. The van der Waals surface area contributed by atoms with Crippen LogP contribution in [-0.2, 0) is 0 Å². The van der Waals surface area contributed by atoms with Crippen LogP contribution in [0.2, 0.25) is 0 Å². The SMILES string of the molecule is CCC1CCCC(C(N)c2ccccc2C2CCC2)C1. The van der Waals surface area contributed by atoms with Gasteiger partial charge >= 0.3 is 0 Å². The molecule has 0 radical (unpaired) electrons. The van der Waals surface area contributed by atoms with E-state index in [2.05, 4.69) is 31.2 Å². The van der Waals surface area contributed by atoms with E-state index in [1.54, 1.807) is 5.56 Å². The molecule has 0 spiro atoms. The van der Waals surface area contributed by atoms with E-state index in [4.69, 9.17) is 5.73 Å². The summed E-state index contributed by atoms with van der Waals surface area (Å²) in [7, 11) is 0. The van der Waals surface area contributed by atoms with Gasteiger partial charge in [0.15, 0.2) is 0 Å². The molecule has 110 valence electrons. The molecular weight excluding hydrogens is 242 g/mol. The molecular formula is C19H29N. The molecule has 0 saturated heterocycles. The lowest BCUT2D eigenvalue weighted by Crippen LogP contribution is -2.28. The van der Waals surface area contributed by atoms with Crippen LogP contribution in [0.25, 0.3) is 0 Å². The molecule has 2 N–H and O–H groups in total. The Morgan fingerprint density at radius 2 is 1.85 bits per heavy atom. The van der Waals surface area contributed by atoms with Crippen LogP contribution in [0.4, 0.5) is 0 Å². The molecule has 0 bridgehead atoms. The molecule has 1 aromatic carbocycles. The lowest BCUT2D eigenvalue weighted by Gasteiger charge is -2.35. The summed E-state index contributed by atoms with van der Waals surface area (Å²) in [4.78, 5) is 0. The van der Waals surface area contributed by atoms with Crippen LogP contribution in [0.5, 0.6) is 0 Å². The molecule has 1 heteroatoms. The van der Waals surface area contributed by atoms with Crippen LogP contribution in [0.1, 0.15) is 81.4 Å². The van der Waals surface area contributed by atoms with Crippen molar-refractivity contribution in [2.75, 3.05) is 0 Å². The highest BCUT2D eigenvalue weighted by Gasteiger charge is 2.30. The van der Waals surface area contributed by atoms with Gasteiger partial charge in [-0.15, -0.1) is 0 Å². The van der Waals surface area contributed by atoms with Crippen molar-refractivity contribution in [2.45, 2.75) is 70.3 Å². The Labute approximate surface area is 124 Å². The van der Waals surface area contributed by atoms with Crippen molar-refractivity contribution in [3.8, 4) is 0 Å². The molecule has 0 heterocycles. The monoisotopic (exact) mass is 271 g/mol. The summed E-state index contributed by atoms with van der Waals surface area (Å²) in [5.74, 6) is 2.41. The van der Waals surface area contributed by atoms with Crippen LogP contribution in [0.15, 0.2) is 24.3 Å². The summed E-state index contributed by atoms with van der Waals surface area (Å²) < 4.78 is 0. The Morgan fingerprint density at radius 1 is 1.10 bits per heavy atom. The van der Waals surface area contributed by atoms with Crippen molar-refractivity contribution < 1.29 is 0 Å². The number of hydrogen-bond donors (Lipinski definition) is 1. The minimum Gasteiger partial charge on any atom is -0.324 e. The third-order valence-electron chi connectivity index (χ3n) is 5.81. The average molecular weight is 271 g/mol. The lowest BCUT2D eigenvalue weighted by atomic mass is 9.72. The number of benzene rings is 1. The molecule has 2 fully saturated rings.